The van der Waals surface area contributed by atoms with Gasteiger partial charge in [-0.15, -0.1) is 17.0 Å². The molecule has 0 spiro atoms. The molecule has 1 aromatic carbocycles. The van der Waals surface area contributed by atoms with E-state index in [0.29, 0.717) is 0 Å². The lowest BCUT2D eigenvalue weighted by atomic mass is 10.4. The third-order valence-corrected chi connectivity index (χ3v) is 0.667. The van der Waals surface area contributed by atoms with Gasteiger partial charge in [-0.3, -0.25) is 0 Å². The van der Waals surface area contributed by atoms with Crippen molar-refractivity contribution >= 4 is 17.0 Å². The highest BCUT2D eigenvalue weighted by atomic mass is 79.9. The summed E-state index contributed by atoms with van der Waals surface area (Å²) < 4.78 is 0. The summed E-state index contributed by atoms with van der Waals surface area (Å²) in [5.41, 5.74) is 0. The van der Waals surface area contributed by atoms with E-state index in [1.807, 2.05) is 36.4 Å². The quantitative estimate of drug-likeness (QED) is 0.663. The van der Waals surface area contributed by atoms with Gasteiger partial charge in [0, 0.05) is 7.11 Å². The maximum absolute atomic E-state index is 7.00. The number of rotatable bonds is 0. The Balaban J connectivity index is 0. The molecule has 0 unspecified atom stereocenters. The van der Waals surface area contributed by atoms with Crippen LogP contribution in [-0.2, 0) is 0 Å². The summed E-state index contributed by atoms with van der Waals surface area (Å²) >= 11 is 0. The topological polar surface area (TPSA) is 20.2 Å². The summed E-state index contributed by atoms with van der Waals surface area (Å²) in [4.78, 5) is 0. The SMILES string of the molecule is Br.CO.c1ccccc1. The van der Waals surface area contributed by atoms with E-state index in [1.54, 1.807) is 0 Å². The summed E-state index contributed by atoms with van der Waals surface area (Å²) in [6.45, 7) is 0. The Kier molecular flexibility index (Phi) is 13.5. The van der Waals surface area contributed by atoms with E-state index in [9.17, 15) is 0 Å². The molecule has 1 rings (SSSR count). The molecule has 0 aliphatic rings. The fourth-order valence-corrected chi connectivity index (χ4v) is 0.385. The van der Waals surface area contributed by atoms with Gasteiger partial charge in [0.25, 0.3) is 0 Å². The molecule has 0 bridgehead atoms. The summed E-state index contributed by atoms with van der Waals surface area (Å²) in [5.74, 6) is 0. The van der Waals surface area contributed by atoms with Gasteiger partial charge in [0.2, 0.25) is 0 Å². The third kappa shape index (κ3) is 7.66. The van der Waals surface area contributed by atoms with Crippen molar-refractivity contribution < 1.29 is 5.11 Å². The molecule has 1 nitrogen and oxygen atoms in total. The van der Waals surface area contributed by atoms with Crippen LogP contribution in [0.5, 0.6) is 0 Å². The molecule has 0 amide bonds. The number of hydrogen-bond donors (Lipinski definition) is 1. The van der Waals surface area contributed by atoms with Crippen molar-refractivity contribution in [1.82, 2.24) is 0 Å². The van der Waals surface area contributed by atoms with Gasteiger partial charge in [0.05, 0.1) is 0 Å². The standard InChI is InChI=1S/C6H6.CH4O.BrH/c1-2-4-6-5-3-1;1-2;/h1-6H;2H,1H3;1H. The molecule has 1 aromatic rings. The van der Waals surface area contributed by atoms with Crippen LogP contribution in [0.25, 0.3) is 0 Å². The molecule has 0 aliphatic heterocycles. The number of aliphatic hydroxyl groups excluding tert-OH is 1. The van der Waals surface area contributed by atoms with Crippen LogP contribution < -0.4 is 0 Å². The monoisotopic (exact) mass is 190 g/mol. The van der Waals surface area contributed by atoms with E-state index >= 15 is 0 Å². The first-order chi connectivity index (χ1) is 4.00. The van der Waals surface area contributed by atoms with Gasteiger partial charge < -0.3 is 5.11 Å². The normalized spacial score (nSPS) is 6.00. The number of hydrogen-bond acceptors (Lipinski definition) is 1. The zero-order valence-electron chi connectivity index (χ0n) is 5.32. The van der Waals surface area contributed by atoms with Crippen LogP contribution in [0.4, 0.5) is 0 Å². The minimum absolute atomic E-state index is 0. The molecule has 0 aliphatic carbocycles. The largest absolute Gasteiger partial charge is 0.400 e. The van der Waals surface area contributed by atoms with Crippen LogP contribution in [0.15, 0.2) is 36.4 Å². The molecular formula is C7H11BrO. The van der Waals surface area contributed by atoms with Crippen LogP contribution in [0, 0.1) is 0 Å². The smallest absolute Gasteiger partial charge is 0.0319 e. The first-order valence-corrected chi connectivity index (χ1v) is 2.45. The van der Waals surface area contributed by atoms with Gasteiger partial charge in [-0.05, 0) is 0 Å². The fourth-order valence-electron chi connectivity index (χ4n) is 0.385. The third-order valence-electron chi connectivity index (χ3n) is 0.667. The second-order valence-corrected chi connectivity index (χ2v) is 1.15. The highest BCUT2D eigenvalue weighted by molar-refractivity contribution is 8.93. The molecular weight excluding hydrogens is 180 g/mol. The van der Waals surface area contributed by atoms with Crippen molar-refractivity contribution in [2.45, 2.75) is 0 Å². The molecule has 0 radical (unpaired) electrons. The zero-order chi connectivity index (χ0) is 6.24. The van der Waals surface area contributed by atoms with Gasteiger partial charge in [0.15, 0.2) is 0 Å². The Bertz CT molecular complexity index is 80.8. The second-order valence-electron chi connectivity index (χ2n) is 1.15. The molecule has 0 heterocycles. The van der Waals surface area contributed by atoms with E-state index in [2.05, 4.69) is 0 Å². The van der Waals surface area contributed by atoms with Gasteiger partial charge in [0.1, 0.15) is 0 Å². The van der Waals surface area contributed by atoms with Crippen LogP contribution >= 0.6 is 17.0 Å². The average Bonchev–Trinajstić information content (AvgIpc) is 1.96. The maximum atomic E-state index is 7.00. The van der Waals surface area contributed by atoms with E-state index in [1.165, 1.54) is 0 Å². The molecule has 0 saturated carbocycles. The summed E-state index contributed by atoms with van der Waals surface area (Å²) in [5, 5.41) is 7.00. The Morgan fingerprint density at radius 3 is 0.889 bits per heavy atom. The summed E-state index contributed by atoms with van der Waals surface area (Å²) in [6.07, 6.45) is 0. The average molecular weight is 191 g/mol. The minimum Gasteiger partial charge on any atom is -0.400 e. The second kappa shape index (κ2) is 10.6. The Labute approximate surface area is 66.1 Å². The van der Waals surface area contributed by atoms with Crippen molar-refractivity contribution in [1.29, 1.82) is 0 Å². The first-order valence-electron chi connectivity index (χ1n) is 2.45. The summed E-state index contributed by atoms with van der Waals surface area (Å²) in [7, 11) is 1.00. The minimum atomic E-state index is 0. The summed E-state index contributed by atoms with van der Waals surface area (Å²) in [6, 6.07) is 12.0. The maximum Gasteiger partial charge on any atom is 0.0319 e. The Morgan fingerprint density at radius 2 is 0.778 bits per heavy atom. The van der Waals surface area contributed by atoms with Crippen LogP contribution in [0.1, 0.15) is 0 Å². The number of aliphatic hydroxyl groups is 1. The highest BCUT2D eigenvalue weighted by Gasteiger charge is 1.57. The molecule has 2 heteroatoms. The van der Waals surface area contributed by atoms with Crippen molar-refractivity contribution in [2.24, 2.45) is 0 Å². The number of halogens is 1. The zero-order valence-corrected chi connectivity index (χ0v) is 7.03. The molecule has 0 fully saturated rings. The molecule has 9 heavy (non-hydrogen) atoms. The van der Waals surface area contributed by atoms with Crippen LogP contribution in [0.2, 0.25) is 0 Å². The molecule has 1 N–H and O–H groups in total. The lowest BCUT2D eigenvalue weighted by Gasteiger charge is -1.69. The molecule has 0 aromatic heterocycles. The Hall–Kier alpha value is -0.340. The van der Waals surface area contributed by atoms with Crippen molar-refractivity contribution in [3.05, 3.63) is 36.4 Å². The van der Waals surface area contributed by atoms with Crippen LogP contribution in [-0.4, -0.2) is 12.2 Å². The Morgan fingerprint density at radius 1 is 0.667 bits per heavy atom. The molecule has 0 saturated heterocycles. The van der Waals surface area contributed by atoms with E-state index < -0.39 is 0 Å². The lowest BCUT2D eigenvalue weighted by molar-refractivity contribution is 0.399. The van der Waals surface area contributed by atoms with E-state index in [-0.39, 0.29) is 17.0 Å². The predicted octanol–water partition coefficient (Wildman–Crippen LogP) is 1.87. The van der Waals surface area contributed by atoms with Crippen molar-refractivity contribution in [2.75, 3.05) is 7.11 Å². The fraction of sp³-hybridized carbons (Fsp3) is 0.143. The highest BCUT2D eigenvalue weighted by Crippen LogP contribution is 1.79. The molecule has 0 atom stereocenters. The molecule has 52 valence electrons. The van der Waals surface area contributed by atoms with Crippen molar-refractivity contribution in [3.8, 4) is 0 Å². The first kappa shape index (κ1) is 11.5. The lowest BCUT2D eigenvalue weighted by Crippen LogP contribution is -1.47. The van der Waals surface area contributed by atoms with Gasteiger partial charge in [-0.25, -0.2) is 0 Å². The van der Waals surface area contributed by atoms with Gasteiger partial charge in [-0.1, -0.05) is 36.4 Å². The van der Waals surface area contributed by atoms with Crippen LogP contribution in [0.3, 0.4) is 0 Å². The van der Waals surface area contributed by atoms with Gasteiger partial charge >= 0.3 is 0 Å². The van der Waals surface area contributed by atoms with E-state index in [0.717, 1.165) is 7.11 Å². The number of benzene rings is 1. The predicted molar refractivity (Wildman–Crippen MR) is 44.9 cm³/mol. The van der Waals surface area contributed by atoms with Crippen molar-refractivity contribution in [3.63, 3.8) is 0 Å². The van der Waals surface area contributed by atoms with Gasteiger partial charge in [-0.2, -0.15) is 0 Å². The van der Waals surface area contributed by atoms with E-state index in [4.69, 9.17) is 5.11 Å².